The average molecular weight is 356 g/mol. The zero-order valence-electron chi connectivity index (χ0n) is 13.9. The van der Waals surface area contributed by atoms with E-state index in [2.05, 4.69) is 4.72 Å². The predicted octanol–water partition coefficient (Wildman–Crippen LogP) is -0.742. The quantitative estimate of drug-likeness (QED) is 0.730. The van der Waals surface area contributed by atoms with E-state index in [1.807, 2.05) is 0 Å². The first kappa shape index (κ1) is 18.2. The van der Waals surface area contributed by atoms with Crippen LogP contribution in [0.3, 0.4) is 0 Å². The zero-order valence-corrected chi connectivity index (χ0v) is 14.7. The molecule has 1 atom stereocenters. The number of nitrogens with one attached hydrogen (secondary N) is 1. The summed E-state index contributed by atoms with van der Waals surface area (Å²) in [7, 11) is 2.10. The van der Waals surface area contributed by atoms with Gasteiger partial charge in [-0.1, -0.05) is 0 Å². The smallest absolute Gasteiger partial charge is 0.330 e. The van der Waals surface area contributed by atoms with Gasteiger partial charge in [0.05, 0.1) is 12.3 Å². The van der Waals surface area contributed by atoms with Gasteiger partial charge in [-0.15, -0.1) is 0 Å². The summed E-state index contributed by atoms with van der Waals surface area (Å²) in [4.78, 5) is 25.1. The molecular weight excluding hydrogens is 336 g/mol. The SMILES string of the molecule is CN(C)C(CNS(=O)(=O)c1cn(C)c(=O)n(C)c1=O)c1ccco1. The monoisotopic (exact) mass is 356 g/mol. The van der Waals surface area contributed by atoms with Gasteiger partial charge in [0, 0.05) is 26.8 Å². The molecule has 0 fully saturated rings. The molecule has 0 aliphatic carbocycles. The molecule has 0 saturated heterocycles. The van der Waals surface area contributed by atoms with Gasteiger partial charge < -0.3 is 8.98 Å². The highest BCUT2D eigenvalue weighted by Gasteiger charge is 2.24. The highest BCUT2D eigenvalue weighted by molar-refractivity contribution is 7.89. The van der Waals surface area contributed by atoms with E-state index in [9.17, 15) is 18.0 Å². The van der Waals surface area contributed by atoms with Gasteiger partial charge >= 0.3 is 5.69 Å². The second-order valence-corrected chi connectivity index (χ2v) is 7.33. The van der Waals surface area contributed by atoms with Crippen LogP contribution < -0.4 is 16.0 Å². The summed E-state index contributed by atoms with van der Waals surface area (Å²) in [5, 5.41) is 0. The van der Waals surface area contributed by atoms with Crippen LogP contribution in [-0.4, -0.2) is 43.1 Å². The molecule has 0 bridgehead atoms. The second-order valence-electron chi connectivity index (χ2n) is 5.60. The van der Waals surface area contributed by atoms with Crippen LogP contribution in [0, 0.1) is 0 Å². The van der Waals surface area contributed by atoms with Crippen molar-refractivity contribution in [2.75, 3.05) is 20.6 Å². The van der Waals surface area contributed by atoms with Crippen LogP contribution in [0.2, 0.25) is 0 Å². The van der Waals surface area contributed by atoms with Crippen LogP contribution in [0.4, 0.5) is 0 Å². The average Bonchev–Trinajstić information content (AvgIpc) is 3.02. The molecule has 0 spiro atoms. The van der Waals surface area contributed by atoms with Crippen molar-refractivity contribution in [2.24, 2.45) is 14.1 Å². The van der Waals surface area contributed by atoms with Gasteiger partial charge in [0.1, 0.15) is 5.76 Å². The summed E-state index contributed by atoms with van der Waals surface area (Å²) in [5.41, 5.74) is -1.47. The first-order valence-electron chi connectivity index (χ1n) is 7.11. The lowest BCUT2D eigenvalue weighted by Crippen LogP contribution is -2.42. The molecule has 1 N–H and O–H groups in total. The zero-order chi connectivity index (χ0) is 18.1. The van der Waals surface area contributed by atoms with Crippen molar-refractivity contribution >= 4 is 10.0 Å². The molecule has 24 heavy (non-hydrogen) atoms. The van der Waals surface area contributed by atoms with Gasteiger partial charge in [-0.25, -0.2) is 17.9 Å². The lowest BCUT2D eigenvalue weighted by atomic mass is 10.2. The van der Waals surface area contributed by atoms with Crippen LogP contribution in [0.1, 0.15) is 11.8 Å². The fraction of sp³-hybridized carbons (Fsp3) is 0.429. The molecule has 0 saturated carbocycles. The number of nitrogens with zero attached hydrogens (tertiary/aromatic N) is 3. The van der Waals surface area contributed by atoms with Gasteiger partial charge in [0.2, 0.25) is 10.0 Å². The summed E-state index contributed by atoms with van der Waals surface area (Å²) in [6, 6.07) is 3.11. The highest BCUT2D eigenvalue weighted by atomic mass is 32.2. The first-order valence-corrected chi connectivity index (χ1v) is 8.59. The molecule has 2 aromatic rings. The Hall–Kier alpha value is -2.17. The number of furan rings is 1. The summed E-state index contributed by atoms with van der Waals surface area (Å²) in [6.07, 6.45) is 2.52. The van der Waals surface area contributed by atoms with Crippen molar-refractivity contribution in [1.82, 2.24) is 18.8 Å². The van der Waals surface area contributed by atoms with E-state index < -0.39 is 26.2 Å². The minimum Gasteiger partial charge on any atom is -0.468 e. The lowest BCUT2D eigenvalue weighted by Gasteiger charge is -2.22. The fourth-order valence-electron chi connectivity index (χ4n) is 2.24. The molecule has 2 rings (SSSR count). The van der Waals surface area contributed by atoms with E-state index in [0.29, 0.717) is 5.76 Å². The largest absolute Gasteiger partial charge is 0.468 e. The topological polar surface area (TPSA) is 107 Å². The number of aromatic nitrogens is 2. The molecular formula is C14H20N4O5S. The molecule has 9 nitrogen and oxygen atoms in total. The summed E-state index contributed by atoms with van der Waals surface area (Å²) in [6.45, 7) is 0.00877. The Labute approximate surface area is 139 Å². The second kappa shape index (κ2) is 6.75. The van der Waals surface area contributed by atoms with Crippen LogP contribution in [0.15, 0.2) is 43.5 Å². The van der Waals surface area contributed by atoms with E-state index in [1.165, 1.54) is 20.4 Å². The van der Waals surface area contributed by atoms with Gasteiger partial charge in [0.25, 0.3) is 5.56 Å². The van der Waals surface area contributed by atoms with Crippen LogP contribution >= 0.6 is 0 Å². The van der Waals surface area contributed by atoms with Crippen molar-refractivity contribution in [3.05, 3.63) is 51.2 Å². The number of aryl methyl sites for hydroxylation is 1. The molecule has 2 aromatic heterocycles. The maximum atomic E-state index is 12.5. The number of sulfonamides is 1. The molecule has 1 unspecified atom stereocenters. The van der Waals surface area contributed by atoms with E-state index in [-0.39, 0.29) is 12.6 Å². The number of likely N-dealkylation sites (N-methyl/N-ethyl adjacent to an activating group) is 1. The normalized spacial score (nSPS) is 13.4. The molecule has 0 aliphatic heterocycles. The minimum absolute atomic E-state index is 0.00877. The van der Waals surface area contributed by atoms with Gasteiger partial charge in [-0.3, -0.25) is 14.3 Å². The summed E-state index contributed by atoms with van der Waals surface area (Å²) < 4.78 is 34.5. The Bertz CT molecular complexity index is 925. The van der Waals surface area contributed by atoms with E-state index >= 15 is 0 Å². The van der Waals surface area contributed by atoms with Crippen LogP contribution in [0.5, 0.6) is 0 Å². The summed E-state index contributed by atoms with van der Waals surface area (Å²) >= 11 is 0. The third-order valence-electron chi connectivity index (χ3n) is 3.67. The fourth-order valence-corrected chi connectivity index (χ4v) is 3.44. The standard InChI is InChI=1S/C14H20N4O5S/c1-16(2)10(11-6-5-7-23-11)8-15-24(21,22)12-9-17(3)14(20)18(4)13(12)19/h5-7,9-10,15H,8H2,1-4H3. The van der Waals surface area contributed by atoms with Gasteiger partial charge in [-0.2, -0.15) is 0 Å². The van der Waals surface area contributed by atoms with Crippen molar-refractivity contribution in [3.63, 3.8) is 0 Å². The van der Waals surface area contributed by atoms with Crippen molar-refractivity contribution < 1.29 is 12.8 Å². The number of rotatable bonds is 6. The van der Waals surface area contributed by atoms with Crippen molar-refractivity contribution in [1.29, 1.82) is 0 Å². The van der Waals surface area contributed by atoms with Crippen molar-refractivity contribution in [2.45, 2.75) is 10.9 Å². The molecule has 10 heteroatoms. The van der Waals surface area contributed by atoms with Gasteiger partial charge in [-0.05, 0) is 26.2 Å². The Kier molecular flexibility index (Phi) is 5.11. The molecule has 0 aromatic carbocycles. The van der Waals surface area contributed by atoms with Gasteiger partial charge in [0.15, 0.2) is 4.90 Å². The van der Waals surface area contributed by atoms with E-state index in [1.54, 1.807) is 31.1 Å². The third kappa shape index (κ3) is 3.50. The van der Waals surface area contributed by atoms with E-state index in [0.717, 1.165) is 15.3 Å². The lowest BCUT2D eigenvalue weighted by molar-refractivity contribution is 0.259. The molecule has 132 valence electrons. The molecule has 0 amide bonds. The highest BCUT2D eigenvalue weighted by Crippen LogP contribution is 2.18. The predicted molar refractivity (Wildman–Crippen MR) is 87.2 cm³/mol. The molecule has 2 heterocycles. The minimum atomic E-state index is -4.08. The van der Waals surface area contributed by atoms with Crippen LogP contribution in [-0.2, 0) is 24.1 Å². The maximum Gasteiger partial charge on any atom is 0.330 e. The van der Waals surface area contributed by atoms with Crippen LogP contribution in [0.25, 0.3) is 0 Å². The van der Waals surface area contributed by atoms with E-state index in [4.69, 9.17) is 4.42 Å². The first-order chi connectivity index (χ1) is 11.1. The molecule has 0 radical (unpaired) electrons. The Morgan fingerprint density at radius 1 is 1.29 bits per heavy atom. The Morgan fingerprint density at radius 2 is 1.96 bits per heavy atom. The Morgan fingerprint density at radius 3 is 2.50 bits per heavy atom. The molecule has 0 aliphatic rings. The Balaban J connectivity index is 2.33. The van der Waals surface area contributed by atoms with Crippen molar-refractivity contribution in [3.8, 4) is 0 Å². The maximum absolute atomic E-state index is 12.5. The summed E-state index contributed by atoms with van der Waals surface area (Å²) in [5.74, 6) is 0.594. The third-order valence-corrected chi connectivity index (χ3v) is 5.07. The number of hydrogen-bond acceptors (Lipinski definition) is 6. The number of hydrogen-bond donors (Lipinski definition) is 1.